The summed E-state index contributed by atoms with van der Waals surface area (Å²) in [5, 5.41) is 11.9. The molecular weight excluding hydrogens is 478 g/mol. The fourth-order valence-electron chi connectivity index (χ4n) is 5.80. The van der Waals surface area contributed by atoms with Gasteiger partial charge in [-0.2, -0.15) is 5.26 Å². The minimum absolute atomic E-state index is 0.562. The van der Waals surface area contributed by atoms with Crippen molar-refractivity contribution in [2.45, 2.75) is 38.0 Å². The minimum atomic E-state index is -0.668. The number of para-hydroxylation sites is 1. The summed E-state index contributed by atoms with van der Waals surface area (Å²) < 4.78 is 15.7. The monoisotopic (exact) mass is 506 g/mol. The van der Waals surface area contributed by atoms with Gasteiger partial charge in [0.2, 0.25) is 0 Å². The Bertz CT molecular complexity index is 1900. The molecule has 0 radical (unpaired) electrons. The molecule has 0 N–H and O–H groups in total. The summed E-state index contributed by atoms with van der Waals surface area (Å²) in [5.41, 5.74) is 7.46. The van der Waals surface area contributed by atoms with E-state index in [-0.39, 0.29) is 0 Å². The Morgan fingerprint density at radius 1 is 0.744 bits per heavy atom. The van der Waals surface area contributed by atoms with Crippen molar-refractivity contribution in [2.24, 2.45) is 0 Å². The average Bonchev–Trinajstić information content (AvgIpc) is 3.40. The summed E-state index contributed by atoms with van der Waals surface area (Å²) >= 11 is 0. The van der Waals surface area contributed by atoms with Gasteiger partial charge in [0.25, 0.3) is 0 Å². The highest BCUT2D eigenvalue weighted by Gasteiger charge is 2.21. The first-order valence-electron chi connectivity index (χ1n) is 14.0. The zero-order valence-electron chi connectivity index (χ0n) is 22.5. The van der Waals surface area contributed by atoms with E-state index in [1.165, 1.54) is 6.42 Å². The van der Waals surface area contributed by atoms with Gasteiger partial charge in [0.15, 0.2) is 5.82 Å². The van der Waals surface area contributed by atoms with Crippen LogP contribution in [0, 0.1) is 11.3 Å². The van der Waals surface area contributed by atoms with Crippen LogP contribution in [0.1, 0.15) is 50.6 Å². The van der Waals surface area contributed by atoms with Gasteiger partial charge in [0, 0.05) is 35.5 Å². The smallest absolute Gasteiger partial charge is 0.163 e. The number of nitrogens with zero attached hydrogens (tertiary/aromatic N) is 3. The molecule has 7 rings (SSSR count). The van der Waals surface area contributed by atoms with Crippen LogP contribution in [0.3, 0.4) is 0 Å². The maximum absolute atomic E-state index is 10.0. The van der Waals surface area contributed by atoms with Gasteiger partial charge in [-0.1, -0.05) is 86.0 Å². The largest absolute Gasteiger partial charge is 0.455 e. The molecular formula is C35H27N3O. The SMILES string of the molecule is [2H]C1(c2ccnc(-c3cccc4c3oc3c(-c5ccc(-c6ccccc6)cc5)c(C#N)ccc34)n2)CCCCC1. The second-order valence-electron chi connectivity index (χ2n) is 10.1. The zero-order valence-corrected chi connectivity index (χ0v) is 21.5. The Labute approximate surface area is 229 Å². The Morgan fingerprint density at radius 2 is 1.49 bits per heavy atom. The van der Waals surface area contributed by atoms with Crippen molar-refractivity contribution in [1.29, 1.82) is 5.26 Å². The van der Waals surface area contributed by atoms with E-state index in [1.807, 2.05) is 54.6 Å². The highest BCUT2D eigenvalue weighted by atomic mass is 16.3. The number of furan rings is 1. The van der Waals surface area contributed by atoms with Crippen molar-refractivity contribution in [2.75, 3.05) is 0 Å². The predicted molar refractivity (Wildman–Crippen MR) is 156 cm³/mol. The molecule has 1 fully saturated rings. The zero-order chi connectivity index (χ0) is 27.1. The van der Waals surface area contributed by atoms with E-state index in [0.29, 0.717) is 22.6 Å². The maximum Gasteiger partial charge on any atom is 0.163 e. The molecule has 0 amide bonds. The number of rotatable bonds is 4. The molecule has 4 heteroatoms. The summed E-state index contributed by atoms with van der Waals surface area (Å²) in [6, 6.07) is 32.6. The van der Waals surface area contributed by atoms with Crippen LogP contribution in [0.2, 0.25) is 0 Å². The van der Waals surface area contributed by atoms with Gasteiger partial charge in [0.05, 0.1) is 17.2 Å². The third-order valence-electron chi connectivity index (χ3n) is 7.78. The van der Waals surface area contributed by atoms with E-state index in [0.717, 1.165) is 70.0 Å². The lowest BCUT2D eigenvalue weighted by Gasteiger charge is -2.21. The van der Waals surface area contributed by atoms with E-state index >= 15 is 0 Å². The van der Waals surface area contributed by atoms with Crippen LogP contribution in [0.25, 0.3) is 55.6 Å². The maximum atomic E-state index is 10.0. The van der Waals surface area contributed by atoms with Crippen LogP contribution in [-0.4, -0.2) is 9.97 Å². The molecule has 4 aromatic carbocycles. The van der Waals surface area contributed by atoms with Gasteiger partial charge < -0.3 is 4.42 Å². The normalized spacial score (nSPS) is 15.2. The molecule has 1 aliphatic carbocycles. The average molecular weight is 507 g/mol. The quantitative estimate of drug-likeness (QED) is 0.239. The van der Waals surface area contributed by atoms with Crippen molar-refractivity contribution in [1.82, 2.24) is 9.97 Å². The molecule has 0 aliphatic heterocycles. The molecule has 0 spiro atoms. The number of hydrogen-bond acceptors (Lipinski definition) is 4. The van der Waals surface area contributed by atoms with Gasteiger partial charge in [-0.15, -0.1) is 0 Å². The summed E-state index contributed by atoms with van der Waals surface area (Å²) in [6.45, 7) is 0. The molecule has 0 bridgehead atoms. The highest BCUT2D eigenvalue weighted by Crippen LogP contribution is 2.41. The summed E-state index contributed by atoms with van der Waals surface area (Å²) in [6.07, 6.45) is 6.69. The Hall–Kier alpha value is -4.75. The van der Waals surface area contributed by atoms with E-state index in [4.69, 9.17) is 10.8 Å². The highest BCUT2D eigenvalue weighted by molar-refractivity contribution is 6.13. The first-order valence-corrected chi connectivity index (χ1v) is 13.5. The third kappa shape index (κ3) is 4.17. The lowest BCUT2D eigenvalue weighted by atomic mass is 9.87. The molecule has 0 unspecified atom stereocenters. The molecule has 2 aromatic heterocycles. The summed E-state index contributed by atoms with van der Waals surface area (Å²) in [7, 11) is 0. The van der Waals surface area contributed by atoms with Crippen LogP contribution in [0.4, 0.5) is 0 Å². The van der Waals surface area contributed by atoms with E-state index in [1.54, 1.807) is 6.20 Å². The second kappa shape index (κ2) is 9.85. The molecule has 2 heterocycles. The number of aromatic nitrogens is 2. The van der Waals surface area contributed by atoms with Crippen LogP contribution in [-0.2, 0) is 0 Å². The Kier molecular flexibility index (Phi) is 5.62. The Morgan fingerprint density at radius 3 is 2.28 bits per heavy atom. The summed E-state index contributed by atoms with van der Waals surface area (Å²) in [4.78, 5) is 9.50. The number of nitriles is 1. The number of fused-ring (bicyclic) bond motifs is 3. The standard InChI is InChI=1S/C35H27N3O/c36-22-27-18-19-29-28-12-7-13-30(35-37-21-20-31(38-35)25-10-5-2-6-11-25)33(28)39-34(29)32(27)26-16-14-24(15-17-26)23-8-3-1-4-9-23/h1,3-4,7-9,12-21,25H,2,5-6,10-11H2/i25D. The fraction of sp³-hybridized carbons (Fsp3) is 0.171. The van der Waals surface area contributed by atoms with E-state index in [9.17, 15) is 5.26 Å². The van der Waals surface area contributed by atoms with Gasteiger partial charge >= 0.3 is 0 Å². The predicted octanol–water partition coefficient (Wildman–Crippen LogP) is 9.30. The molecule has 188 valence electrons. The van der Waals surface area contributed by atoms with Crippen molar-refractivity contribution < 1.29 is 5.79 Å². The first kappa shape index (κ1) is 22.3. The minimum Gasteiger partial charge on any atom is -0.455 e. The molecule has 1 aliphatic rings. The van der Waals surface area contributed by atoms with Crippen LogP contribution >= 0.6 is 0 Å². The Balaban J connectivity index is 1.38. The van der Waals surface area contributed by atoms with Crippen LogP contribution < -0.4 is 0 Å². The molecule has 4 nitrogen and oxygen atoms in total. The topological polar surface area (TPSA) is 62.7 Å². The van der Waals surface area contributed by atoms with Crippen molar-refractivity contribution in [3.63, 3.8) is 0 Å². The molecule has 6 aromatic rings. The first-order chi connectivity index (χ1) is 19.6. The fourth-order valence-corrected chi connectivity index (χ4v) is 5.80. The lowest BCUT2D eigenvalue weighted by molar-refractivity contribution is 0.436. The van der Waals surface area contributed by atoms with Gasteiger partial charge in [0.1, 0.15) is 11.2 Å². The van der Waals surface area contributed by atoms with Crippen LogP contribution in [0.5, 0.6) is 0 Å². The number of benzene rings is 4. The number of hydrogen-bond donors (Lipinski definition) is 0. The summed E-state index contributed by atoms with van der Waals surface area (Å²) in [5.74, 6) is -0.105. The van der Waals surface area contributed by atoms with Gasteiger partial charge in [-0.25, -0.2) is 9.97 Å². The lowest BCUT2D eigenvalue weighted by Crippen LogP contribution is -2.07. The van der Waals surface area contributed by atoms with E-state index in [2.05, 4.69) is 47.5 Å². The van der Waals surface area contributed by atoms with Gasteiger partial charge in [-0.3, -0.25) is 0 Å². The van der Waals surface area contributed by atoms with Crippen molar-refractivity contribution >= 4 is 21.9 Å². The van der Waals surface area contributed by atoms with E-state index < -0.39 is 5.89 Å². The molecule has 0 saturated heterocycles. The molecule has 1 saturated carbocycles. The van der Waals surface area contributed by atoms with Crippen molar-refractivity contribution in [3.8, 4) is 39.7 Å². The molecule has 39 heavy (non-hydrogen) atoms. The van der Waals surface area contributed by atoms with Crippen molar-refractivity contribution in [3.05, 3.63) is 108 Å². The third-order valence-corrected chi connectivity index (χ3v) is 7.78. The van der Waals surface area contributed by atoms with Gasteiger partial charge in [-0.05, 0) is 53.8 Å². The molecule has 0 atom stereocenters. The van der Waals surface area contributed by atoms with Crippen LogP contribution in [0.15, 0.2) is 102 Å². The second-order valence-corrected chi connectivity index (χ2v) is 10.1.